The Bertz CT molecular complexity index is 616. The van der Waals surface area contributed by atoms with Gasteiger partial charge in [-0.2, -0.15) is 0 Å². The van der Waals surface area contributed by atoms with Gasteiger partial charge < -0.3 is 5.32 Å². The number of halogens is 5. The van der Waals surface area contributed by atoms with Gasteiger partial charge in [-0.15, -0.1) is 0 Å². The van der Waals surface area contributed by atoms with Crippen molar-refractivity contribution in [3.63, 3.8) is 0 Å². The zero-order valence-electron chi connectivity index (χ0n) is 9.48. The average Bonchev–Trinajstić information content (AvgIpc) is 2.36. The number of hydrogen-bond donors (Lipinski definition) is 1. The highest BCUT2D eigenvalue weighted by Crippen LogP contribution is 2.32. The van der Waals surface area contributed by atoms with E-state index in [1.165, 1.54) is 0 Å². The van der Waals surface area contributed by atoms with Crippen molar-refractivity contribution >= 4 is 74.7 Å². The molecule has 1 nitrogen and oxygen atoms in total. The van der Waals surface area contributed by atoms with E-state index < -0.39 is 0 Å². The summed E-state index contributed by atoms with van der Waals surface area (Å²) in [6, 6.07) is 9.16. The van der Waals surface area contributed by atoms with Crippen LogP contribution in [0.1, 0.15) is 5.56 Å². The smallest absolute Gasteiger partial charge is 0.0657 e. The molecule has 19 heavy (non-hydrogen) atoms. The molecule has 0 atom stereocenters. The number of benzene rings is 2. The largest absolute Gasteiger partial charge is 0.380 e. The molecule has 0 fully saturated rings. The zero-order valence-corrected chi connectivity index (χ0v) is 14.7. The van der Waals surface area contributed by atoms with Gasteiger partial charge in [0.2, 0.25) is 0 Å². The van der Waals surface area contributed by atoms with Gasteiger partial charge in [-0.05, 0) is 52.9 Å². The Morgan fingerprint density at radius 2 is 1.58 bits per heavy atom. The van der Waals surface area contributed by atoms with Gasteiger partial charge in [0.05, 0.1) is 20.8 Å². The summed E-state index contributed by atoms with van der Waals surface area (Å²) in [6.45, 7) is 0.457. The Hall–Kier alpha value is 0.130. The molecule has 1 N–H and O–H groups in total. The molecule has 6 heteroatoms. The van der Waals surface area contributed by atoms with Crippen LogP contribution in [0.5, 0.6) is 0 Å². The fourth-order valence-corrected chi connectivity index (χ4v) is 3.15. The highest BCUT2D eigenvalue weighted by Gasteiger charge is 2.10. The highest BCUT2D eigenvalue weighted by atomic mass is 127. The predicted molar refractivity (Wildman–Crippen MR) is 93.0 cm³/mol. The molecule has 2 rings (SSSR count). The Labute approximate surface area is 145 Å². The third kappa shape index (κ3) is 3.82. The minimum Gasteiger partial charge on any atom is -0.380 e. The Morgan fingerprint density at radius 3 is 2.26 bits per heavy atom. The molecule has 0 saturated heterocycles. The molecular weight excluding hydrogens is 439 g/mol. The minimum atomic E-state index is 0.457. The van der Waals surface area contributed by atoms with Crippen LogP contribution in [0.3, 0.4) is 0 Å². The summed E-state index contributed by atoms with van der Waals surface area (Å²) in [7, 11) is 0. The van der Waals surface area contributed by atoms with E-state index in [-0.39, 0.29) is 0 Å². The van der Waals surface area contributed by atoms with Crippen molar-refractivity contribution in [1.82, 2.24) is 0 Å². The first kappa shape index (κ1) is 15.5. The van der Waals surface area contributed by atoms with Crippen molar-refractivity contribution in [2.45, 2.75) is 6.54 Å². The van der Waals surface area contributed by atoms with Crippen molar-refractivity contribution in [1.29, 1.82) is 0 Å². The molecule has 2 aromatic rings. The molecule has 0 unspecified atom stereocenters. The van der Waals surface area contributed by atoms with Gasteiger partial charge in [0.25, 0.3) is 0 Å². The lowest BCUT2D eigenvalue weighted by atomic mass is 10.2. The normalized spacial score (nSPS) is 10.6. The van der Waals surface area contributed by atoms with Crippen molar-refractivity contribution < 1.29 is 0 Å². The number of nitrogens with one attached hydrogen (secondary N) is 1. The molecule has 0 bridgehead atoms. The van der Waals surface area contributed by atoms with Crippen molar-refractivity contribution in [3.05, 3.63) is 59.6 Å². The fourth-order valence-electron chi connectivity index (χ4n) is 1.55. The number of anilines is 1. The standard InChI is InChI=1S/C13H8Cl4IN/c14-9-2-3-10(15)13(17)8(9)6-19-12-4-1-7(18)5-11(12)16/h1-5,19H,6H2. The minimum absolute atomic E-state index is 0.457. The SMILES string of the molecule is Clc1cc(I)ccc1NCc1c(Cl)ccc(Cl)c1Cl. The van der Waals surface area contributed by atoms with E-state index >= 15 is 0 Å². The summed E-state index contributed by atoms with van der Waals surface area (Å²) >= 11 is 26.6. The van der Waals surface area contributed by atoms with Gasteiger partial charge >= 0.3 is 0 Å². The predicted octanol–water partition coefficient (Wildman–Crippen LogP) is 6.52. The summed E-state index contributed by atoms with van der Waals surface area (Å²) in [6.07, 6.45) is 0. The van der Waals surface area contributed by atoms with E-state index in [2.05, 4.69) is 27.9 Å². The van der Waals surface area contributed by atoms with Crippen molar-refractivity contribution in [2.24, 2.45) is 0 Å². The molecule has 0 heterocycles. The fraction of sp³-hybridized carbons (Fsp3) is 0.0769. The Kier molecular flexibility index (Phi) is 5.49. The third-order valence-corrected chi connectivity index (χ3v) is 4.71. The van der Waals surface area contributed by atoms with Crippen molar-refractivity contribution in [3.8, 4) is 0 Å². The van der Waals surface area contributed by atoms with Gasteiger partial charge in [-0.1, -0.05) is 46.4 Å². The lowest BCUT2D eigenvalue weighted by molar-refractivity contribution is 1.15. The van der Waals surface area contributed by atoms with Crippen LogP contribution in [0.25, 0.3) is 0 Å². The van der Waals surface area contributed by atoms with Crippen LogP contribution in [-0.4, -0.2) is 0 Å². The van der Waals surface area contributed by atoms with E-state index in [0.29, 0.717) is 26.6 Å². The second-order valence-corrected chi connectivity index (χ2v) is 6.64. The zero-order chi connectivity index (χ0) is 14.0. The monoisotopic (exact) mass is 445 g/mol. The summed E-state index contributed by atoms with van der Waals surface area (Å²) in [4.78, 5) is 0. The second kappa shape index (κ2) is 6.72. The first-order chi connectivity index (χ1) is 8.99. The molecule has 100 valence electrons. The molecule has 0 aliphatic heterocycles. The van der Waals surface area contributed by atoms with E-state index in [0.717, 1.165) is 14.8 Å². The molecule has 0 amide bonds. The van der Waals surface area contributed by atoms with Crippen molar-refractivity contribution in [2.75, 3.05) is 5.32 Å². The van der Waals surface area contributed by atoms with E-state index in [1.54, 1.807) is 12.1 Å². The molecule has 0 saturated carbocycles. The summed E-state index contributed by atoms with van der Waals surface area (Å²) < 4.78 is 1.08. The van der Waals surface area contributed by atoms with E-state index in [4.69, 9.17) is 46.4 Å². The van der Waals surface area contributed by atoms with Crippen LogP contribution >= 0.6 is 69.0 Å². The molecule has 0 aliphatic carbocycles. The Morgan fingerprint density at radius 1 is 0.895 bits per heavy atom. The van der Waals surface area contributed by atoms with Crippen LogP contribution in [-0.2, 0) is 6.54 Å². The lowest BCUT2D eigenvalue weighted by Gasteiger charge is -2.12. The van der Waals surface area contributed by atoms with Gasteiger partial charge in [0, 0.05) is 20.7 Å². The third-order valence-electron chi connectivity index (χ3n) is 2.53. The number of hydrogen-bond acceptors (Lipinski definition) is 1. The Balaban J connectivity index is 2.21. The summed E-state index contributed by atoms with van der Waals surface area (Å²) in [5.74, 6) is 0. The van der Waals surface area contributed by atoms with Gasteiger partial charge in [0.1, 0.15) is 0 Å². The van der Waals surface area contributed by atoms with Crippen LogP contribution in [0, 0.1) is 3.57 Å². The highest BCUT2D eigenvalue weighted by molar-refractivity contribution is 14.1. The lowest BCUT2D eigenvalue weighted by Crippen LogP contribution is -2.02. The molecule has 0 spiro atoms. The van der Waals surface area contributed by atoms with Gasteiger partial charge in [-0.3, -0.25) is 0 Å². The van der Waals surface area contributed by atoms with E-state index in [1.807, 2.05) is 18.2 Å². The van der Waals surface area contributed by atoms with Crippen LogP contribution < -0.4 is 5.32 Å². The molecule has 0 radical (unpaired) electrons. The first-order valence-electron chi connectivity index (χ1n) is 5.30. The molecule has 0 aliphatic rings. The summed E-state index contributed by atoms with van der Waals surface area (Å²) in [5.41, 5.74) is 1.58. The van der Waals surface area contributed by atoms with Crippen LogP contribution in [0.2, 0.25) is 20.1 Å². The van der Waals surface area contributed by atoms with Gasteiger partial charge in [0.15, 0.2) is 0 Å². The maximum atomic E-state index is 6.15. The maximum Gasteiger partial charge on any atom is 0.0657 e. The number of rotatable bonds is 3. The summed E-state index contributed by atoms with van der Waals surface area (Å²) in [5, 5.41) is 5.37. The van der Waals surface area contributed by atoms with Crippen LogP contribution in [0.15, 0.2) is 30.3 Å². The maximum absolute atomic E-state index is 6.15. The second-order valence-electron chi connectivity index (χ2n) is 3.80. The molecular formula is C13H8Cl4IN. The average molecular weight is 447 g/mol. The molecule has 2 aromatic carbocycles. The van der Waals surface area contributed by atoms with Gasteiger partial charge in [-0.25, -0.2) is 0 Å². The van der Waals surface area contributed by atoms with E-state index in [9.17, 15) is 0 Å². The first-order valence-corrected chi connectivity index (χ1v) is 7.89. The topological polar surface area (TPSA) is 12.0 Å². The molecule has 0 aromatic heterocycles. The quantitative estimate of drug-likeness (QED) is 0.418. The van der Waals surface area contributed by atoms with Crippen LogP contribution in [0.4, 0.5) is 5.69 Å².